The van der Waals surface area contributed by atoms with Gasteiger partial charge in [-0.15, -0.1) is 0 Å². The summed E-state index contributed by atoms with van der Waals surface area (Å²) in [5.74, 6) is 0.378. The molecule has 0 atom stereocenters. The molecular formula is C21H29N3O. The maximum atomic E-state index is 10.8. The van der Waals surface area contributed by atoms with Gasteiger partial charge in [0, 0.05) is 30.2 Å². The second-order valence-electron chi connectivity index (χ2n) is 7.62. The average Bonchev–Trinajstić information content (AvgIpc) is 2.67. The summed E-state index contributed by atoms with van der Waals surface area (Å²) in [5, 5.41) is 11.9. The Bertz CT molecular complexity index is 718. The van der Waals surface area contributed by atoms with E-state index >= 15 is 0 Å². The van der Waals surface area contributed by atoms with E-state index in [0.717, 1.165) is 42.6 Å². The van der Waals surface area contributed by atoms with Crippen molar-refractivity contribution in [1.29, 1.82) is 0 Å². The monoisotopic (exact) mass is 339 g/mol. The third-order valence-corrected chi connectivity index (χ3v) is 5.72. The number of fused-ring (bicyclic) bond motifs is 1. The first kappa shape index (κ1) is 16.8. The van der Waals surface area contributed by atoms with Gasteiger partial charge in [-0.2, -0.15) is 0 Å². The van der Waals surface area contributed by atoms with Crippen molar-refractivity contribution >= 4 is 10.9 Å². The Balaban J connectivity index is 1.66. The van der Waals surface area contributed by atoms with E-state index in [1.807, 2.05) is 6.07 Å². The third-order valence-electron chi connectivity index (χ3n) is 5.72. The van der Waals surface area contributed by atoms with Crippen LogP contribution in [0.3, 0.4) is 0 Å². The summed E-state index contributed by atoms with van der Waals surface area (Å²) in [6.07, 6.45) is 9.62. The molecule has 4 rings (SSSR count). The lowest BCUT2D eigenvalue weighted by molar-refractivity contribution is 0.216. The third kappa shape index (κ3) is 3.80. The molecule has 25 heavy (non-hydrogen) atoms. The minimum atomic E-state index is 0.378. The van der Waals surface area contributed by atoms with Crippen molar-refractivity contribution in [3.63, 3.8) is 0 Å². The van der Waals surface area contributed by atoms with Gasteiger partial charge in [0.2, 0.25) is 0 Å². The molecule has 134 valence electrons. The van der Waals surface area contributed by atoms with Gasteiger partial charge in [-0.05, 0) is 69.6 Å². The fraction of sp³-hybridized carbons (Fsp3) is 0.571. The normalized spacial score (nSPS) is 20.2. The van der Waals surface area contributed by atoms with Crippen molar-refractivity contribution in [2.24, 2.45) is 0 Å². The second kappa shape index (κ2) is 7.71. The molecule has 0 saturated carbocycles. The van der Waals surface area contributed by atoms with Gasteiger partial charge in [-0.25, -0.2) is 0 Å². The first-order valence-electron chi connectivity index (χ1n) is 9.84. The van der Waals surface area contributed by atoms with Gasteiger partial charge in [0.1, 0.15) is 11.3 Å². The van der Waals surface area contributed by atoms with Gasteiger partial charge in [0.25, 0.3) is 0 Å². The average molecular weight is 339 g/mol. The van der Waals surface area contributed by atoms with Crippen molar-refractivity contribution in [2.45, 2.75) is 51.6 Å². The van der Waals surface area contributed by atoms with Gasteiger partial charge >= 0.3 is 0 Å². The number of hydrogen-bond acceptors (Lipinski definition) is 4. The number of nitrogens with zero attached hydrogens (tertiary/aromatic N) is 3. The van der Waals surface area contributed by atoms with Crippen LogP contribution in [-0.2, 0) is 13.1 Å². The summed E-state index contributed by atoms with van der Waals surface area (Å²) in [6, 6.07) is 6.32. The smallest absolute Gasteiger partial charge is 0.146 e. The highest BCUT2D eigenvalue weighted by Crippen LogP contribution is 2.32. The summed E-state index contributed by atoms with van der Waals surface area (Å²) >= 11 is 0. The molecule has 0 bridgehead atoms. The van der Waals surface area contributed by atoms with E-state index in [4.69, 9.17) is 0 Å². The van der Waals surface area contributed by atoms with Crippen LogP contribution in [0.1, 0.15) is 49.7 Å². The number of hydrogen-bond donors (Lipinski definition) is 1. The van der Waals surface area contributed by atoms with Crippen molar-refractivity contribution in [1.82, 2.24) is 14.8 Å². The predicted octanol–water partition coefficient (Wildman–Crippen LogP) is 3.91. The Labute approximate surface area is 150 Å². The lowest BCUT2D eigenvalue weighted by Crippen LogP contribution is -2.30. The highest BCUT2D eigenvalue weighted by Gasteiger charge is 2.18. The first-order chi connectivity index (χ1) is 12.3. The molecule has 1 N–H and O–H groups in total. The number of piperidine rings is 2. The standard InChI is InChI=1S/C21H29N3O/c25-21-18(16-24-12-5-2-6-13-24)14-17(15-23-10-3-1-4-11-23)19-8-7-9-22-20(19)21/h7-9,14,25H,1-6,10-13,15-16H2. The highest BCUT2D eigenvalue weighted by atomic mass is 16.3. The second-order valence-corrected chi connectivity index (χ2v) is 7.62. The highest BCUT2D eigenvalue weighted by molar-refractivity contribution is 5.88. The maximum Gasteiger partial charge on any atom is 0.146 e. The molecule has 1 aromatic carbocycles. The van der Waals surface area contributed by atoms with Crippen LogP contribution < -0.4 is 0 Å². The topological polar surface area (TPSA) is 39.6 Å². The molecule has 2 aliphatic rings. The zero-order valence-corrected chi connectivity index (χ0v) is 15.1. The van der Waals surface area contributed by atoms with Gasteiger partial charge in [0.05, 0.1) is 0 Å². The molecule has 0 amide bonds. The molecule has 2 fully saturated rings. The Kier molecular flexibility index (Phi) is 5.18. The summed E-state index contributed by atoms with van der Waals surface area (Å²) < 4.78 is 0. The van der Waals surface area contributed by atoms with E-state index in [9.17, 15) is 5.11 Å². The Morgan fingerprint density at radius 1 is 0.840 bits per heavy atom. The van der Waals surface area contributed by atoms with Crippen LogP contribution in [0.5, 0.6) is 5.75 Å². The van der Waals surface area contributed by atoms with Gasteiger partial charge in [-0.1, -0.05) is 18.9 Å². The minimum Gasteiger partial charge on any atom is -0.505 e. The molecule has 4 heteroatoms. The van der Waals surface area contributed by atoms with Crippen LogP contribution in [0.25, 0.3) is 10.9 Å². The zero-order chi connectivity index (χ0) is 17.1. The molecule has 0 spiro atoms. The summed E-state index contributed by atoms with van der Waals surface area (Å²) in [7, 11) is 0. The van der Waals surface area contributed by atoms with Crippen LogP contribution in [-0.4, -0.2) is 46.1 Å². The molecule has 0 radical (unpaired) electrons. The largest absolute Gasteiger partial charge is 0.505 e. The van der Waals surface area contributed by atoms with Gasteiger partial charge in [-0.3, -0.25) is 14.8 Å². The van der Waals surface area contributed by atoms with Crippen LogP contribution in [0.2, 0.25) is 0 Å². The number of aromatic hydroxyl groups is 1. The van der Waals surface area contributed by atoms with Gasteiger partial charge in [0.15, 0.2) is 0 Å². The molecule has 2 aromatic rings. The number of pyridine rings is 1. The van der Waals surface area contributed by atoms with Crippen LogP contribution in [0, 0.1) is 0 Å². The Morgan fingerprint density at radius 2 is 1.44 bits per heavy atom. The number of phenols is 1. The minimum absolute atomic E-state index is 0.378. The maximum absolute atomic E-state index is 10.8. The van der Waals surface area contributed by atoms with Crippen molar-refractivity contribution in [2.75, 3.05) is 26.2 Å². The van der Waals surface area contributed by atoms with Crippen LogP contribution in [0.4, 0.5) is 0 Å². The molecule has 0 aliphatic carbocycles. The fourth-order valence-electron chi connectivity index (χ4n) is 4.33. The number of rotatable bonds is 4. The SMILES string of the molecule is Oc1c(CN2CCCCC2)cc(CN2CCCCC2)c2cccnc12. The zero-order valence-electron chi connectivity index (χ0n) is 15.1. The van der Waals surface area contributed by atoms with E-state index in [1.54, 1.807) is 6.20 Å². The fourth-order valence-corrected chi connectivity index (χ4v) is 4.33. The number of phenolic OH excluding ortho intramolecular Hbond substituents is 1. The number of aromatic nitrogens is 1. The lowest BCUT2D eigenvalue weighted by atomic mass is 10.0. The summed E-state index contributed by atoms with van der Waals surface area (Å²) in [4.78, 5) is 9.52. The lowest BCUT2D eigenvalue weighted by Gasteiger charge is -2.29. The van der Waals surface area contributed by atoms with E-state index < -0.39 is 0 Å². The molecular weight excluding hydrogens is 310 g/mol. The summed E-state index contributed by atoms with van der Waals surface area (Å²) in [6.45, 7) is 6.46. The molecule has 2 aliphatic heterocycles. The quantitative estimate of drug-likeness (QED) is 0.917. The first-order valence-corrected chi connectivity index (χ1v) is 9.84. The van der Waals surface area contributed by atoms with Crippen molar-refractivity contribution < 1.29 is 5.11 Å². The summed E-state index contributed by atoms with van der Waals surface area (Å²) in [5.41, 5.74) is 3.12. The van der Waals surface area contributed by atoms with E-state index in [2.05, 4.69) is 26.9 Å². The van der Waals surface area contributed by atoms with Crippen molar-refractivity contribution in [3.05, 3.63) is 35.5 Å². The van der Waals surface area contributed by atoms with E-state index in [-0.39, 0.29) is 0 Å². The van der Waals surface area contributed by atoms with Crippen LogP contribution >= 0.6 is 0 Å². The van der Waals surface area contributed by atoms with E-state index in [0.29, 0.717) is 5.75 Å². The Hall–Kier alpha value is -1.65. The Morgan fingerprint density at radius 3 is 2.08 bits per heavy atom. The molecule has 1 aromatic heterocycles. The molecule has 2 saturated heterocycles. The number of benzene rings is 1. The number of likely N-dealkylation sites (tertiary alicyclic amines) is 2. The predicted molar refractivity (Wildman–Crippen MR) is 102 cm³/mol. The molecule has 4 nitrogen and oxygen atoms in total. The van der Waals surface area contributed by atoms with Crippen molar-refractivity contribution in [3.8, 4) is 5.75 Å². The van der Waals surface area contributed by atoms with Crippen LogP contribution in [0.15, 0.2) is 24.4 Å². The molecule has 0 unspecified atom stereocenters. The molecule has 3 heterocycles. The van der Waals surface area contributed by atoms with Gasteiger partial charge < -0.3 is 5.11 Å². The van der Waals surface area contributed by atoms with E-state index in [1.165, 1.54) is 57.2 Å².